The first-order chi connectivity index (χ1) is 24.8. The van der Waals surface area contributed by atoms with Crippen LogP contribution in [0.1, 0.15) is 41.1 Å². The number of pyridine rings is 1. The van der Waals surface area contributed by atoms with Gasteiger partial charge in [0.2, 0.25) is 12.0 Å². The van der Waals surface area contributed by atoms with E-state index in [1.807, 2.05) is 0 Å². The van der Waals surface area contributed by atoms with Crippen molar-refractivity contribution in [3.8, 4) is 5.75 Å². The maximum atomic E-state index is 14.5. The number of aryl methyl sites for hydroxylation is 1. The third-order valence-electron chi connectivity index (χ3n) is 7.60. The molecule has 53 heavy (non-hydrogen) atoms. The van der Waals surface area contributed by atoms with Crippen LogP contribution in [0.2, 0.25) is 5.02 Å². The van der Waals surface area contributed by atoms with Gasteiger partial charge in [-0.15, -0.1) is 0 Å². The first kappa shape index (κ1) is 41.7. The third-order valence-corrected chi connectivity index (χ3v) is 7.85. The summed E-state index contributed by atoms with van der Waals surface area (Å²) in [6.45, 7) is 3.80. The number of carboxylic acids is 3. The van der Waals surface area contributed by atoms with E-state index in [0.29, 0.717) is 5.02 Å². The lowest BCUT2D eigenvalue weighted by atomic mass is 10.0. The van der Waals surface area contributed by atoms with E-state index in [1.54, 1.807) is 6.92 Å². The number of fused-ring (bicyclic) bond motifs is 1. The summed E-state index contributed by atoms with van der Waals surface area (Å²) < 4.78 is 57.1. The predicted octanol–water partition coefficient (Wildman–Crippen LogP) is 4.30. The predicted molar refractivity (Wildman–Crippen MR) is 176 cm³/mol. The van der Waals surface area contributed by atoms with Gasteiger partial charge in [0.25, 0.3) is 5.91 Å². The van der Waals surface area contributed by atoms with Crippen LogP contribution in [0.15, 0.2) is 42.5 Å². The molecule has 2 unspecified atom stereocenters. The van der Waals surface area contributed by atoms with Gasteiger partial charge in [-0.05, 0) is 50.1 Å². The van der Waals surface area contributed by atoms with Gasteiger partial charge in [0.15, 0.2) is 0 Å². The van der Waals surface area contributed by atoms with E-state index in [0.717, 1.165) is 6.07 Å². The number of aromatic nitrogens is 1. The van der Waals surface area contributed by atoms with Crippen LogP contribution in [0, 0.1) is 18.7 Å². The molecule has 1 saturated heterocycles. The van der Waals surface area contributed by atoms with E-state index >= 15 is 0 Å². The number of amides is 3. The number of ether oxygens (including phenoxy) is 2. The van der Waals surface area contributed by atoms with Crippen molar-refractivity contribution >= 4 is 58.3 Å². The molecule has 3 aromatic rings. The summed E-state index contributed by atoms with van der Waals surface area (Å²) in [5.74, 6) is -9.07. The van der Waals surface area contributed by atoms with Crippen LogP contribution in [0.5, 0.6) is 5.75 Å². The molecule has 3 amide bonds. The highest BCUT2D eigenvalue weighted by atomic mass is 35.5. The quantitative estimate of drug-likeness (QED) is 0.159. The zero-order valence-corrected chi connectivity index (χ0v) is 28.7. The Morgan fingerprint density at radius 3 is 2.06 bits per heavy atom. The van der Waals surface area contributed by atoms with Crippen LogP contribution in [0.3, 0.4) is 0 Å². The van der Waals surface area contributed by atoms with Crippen LogP contribution >= 0.6 is 11.6 Å². The summed E-state index contributed by atoms with van der Waals surface area (Å²) in [6.07, 6.45) is -7.37. The van der Waals surface area contributed by atoms with E-state index in [4.69, 9.17) is 31.0 Å². The zero-order chi connectivity index (χ0) is 39.6. The van der Waals surface area contributed by atoms with E-state index in [2.05, 4.69) is 10.3 Å². The number of benzene rings is 2. The van der Waals surface area contributed by atoms with Gasteiger partial charge in [0, 0.05) is 54.8 Å². The molecule has 1 aliphatic heterocycles. The largest absolute Gasteiger partial charge is 0.490 e. The number of nitrogens with zero attached hydrogens (tertiary/aromatic N) is 3. The van der Waals surface area contributed by atoms with E-state index in [9.17, 15) is 51.7 Å². The fourth-order valence-corrected chi connectivity index (χ4v) is 5.00. The molecule has 2 heterocycles. The Hall–Kier alpha value is -5.72. The molecule has 0 spiro atoms. The minimum atomic E-state index is -5.08. The molecule has 15 nitrogen and oxygen atoms in total. The van der Waals surface area contributed by atoms with Crippen LogP contribution in [0.25, 0.3) is 10.9 Å². The molecule has 20 heteroatoms. The SMILES string of the molecule is CCOC(=O)N1CCN(C(=O)C(CCNC(=O)c2cc(OC(C(=O)O)c3ccc(Cl)cc3)c3cc(F)c(C)cc3n2)C(=O)O)CC1.O=C(O)C(F)(F)F. The average molecular weight is 773 g/mol. The van der Waals surface area contributed by atoms with Gasteiger partial charge in [0.1, 0.15) is 23.2 Å². The summed E-state index contributed by atoms with van der Waals surface area (Å²) in [5, 5.41) is 29.8. The monoisotopic (exact) mass is 772 g/mol. The molecule has 0 bridgehead atoms. The van der Waals surface area contributed by atoms with Crippen molar-refractivity contribution in [2.75, 3.05) is 39.3 Å². The number of nitrogens with one attached hydrogen (secondary N) is 1. The van der Waals surface area contributed by atoms with Crippen LogP contribution < -0.4 is 10.1 Å². The minimum absolute atomic E-state index is 0.124. The number of carboxylic acid groups (broad SMARTS) is 3. The number of hydrogen-bond donors (Lipinski definition) is 4. The van der Waals surface area contributed by atoms with Crippen molar-refractivity contribution in [2.45, 2.75) is 32.5 Å². The Bertz CT molecular complexity index is 1850. The fraction of sp³-hybridized carbons (Fsp3) is 0.364. The second-order valence-corrected chi connectivity index (χ2v) is 11.7. The summed E-state index contributed by atoms with van der Waals surface area (Å²) in [7, 11) is 0. The van der Waals surface area contributed by atoms with Crippen LogP contribution in [0.4, 0.5) is 22.4 Å². The number of piperazine rings is 1. The first-order valence-corrected chi connectivity index (χ1v) is 16.0. The molecule has 286 valence electrons. The van der Waals surface area contributed by atoms with Gasteiger partial charge >= 0.3 is 30.2 Å². The van der Waals surface area contributed by atoms with Crippen molar-refractivity contribution in [1.29, 1.82) is 0 Å². The molecule has 1 fully saturated rings. The topological polar surface area (TPSA) is 213 Å². The van der Waals surface area contributed by atoms with Crippen molar-refractivity contribution in [1.82, 2.24) is 20.1 Å². The van der Waals surface area contributed by atoms with Gasteiger partial charge in [-0.1, -0.05) is 23.7 Å². The number of hydrogen-bond acceptors (Lipinski definition) is 9. The number of rotatable bonds is 11. The Morgan fingerprint density at radius 1 is 0.943 bits per heavy atom. The minimum Gasteiger partial charge on any atom is -0.481 e. The summed E-state index contributed by atoms with van der Waals surface area (Å²) in [5.41, 5.74) is 0.415. The molecule has 0 aliphatic carbocycles. The lowest BCUT2D eigenvalue weighted by molar-refractivity contribution is -0.192. The summed E-state index contributed by atoms with van der Waals surface area (Å²) in [4.78, 5) is 78.2. The molecule has 4 rings (SSSR count). The van der Waals surface area contributed by atoms with Crippen molar-refractivity contribution in [3.05, 3.63) is 70.1 Å². The van der Waals surface area contributed by atoms with Gasteiger partial charge in [-0.25, -0.2) is 23.8 Å². The number of aliphatic carboxylic acids is 3. The third kappa shape index (κ3) is 11.4. The molecular formula is C33H33ClF4N4O11. The van der Waals surface area contributed by atoms with Gasteiger partial charge in [-0.3, -0.25) is 14.4 Å². The maximum absolute atomic E-state index is 14.5. The Balaban J connectivity index is 0.000000980. The number of halogens is 5. The van der Waals surface area contributed by atoms with Crippen molar-refractivity contribution < 1.29 is 71.1 Å². The number of alkyl halides is 3. The van der Waals surface area contributed by atoms with Crippen molar-refractivity contribution in [3.63, 3.8) is 0 Å². The fourth-order valence-electron chi connectivity index (χ4n) is 4.88. The second-order valence-electron chi connectivity index (χ2n) is 11.3. The highest BCUT2D eigenvalue weighted by Crippen LogP contribution is 2.32. The summed E-state index contributed by atoms with van der Waals surface area (Å²) in [6, 6.07) is 9.58. The normalized spacial score (nSPS) is 13.9. The van der Waals surface area contributed by atoms with E-state index in [1.165, 1.54) is 53.1 Å². The lowest BCUT2D eigenvalue weighted by Gasteiger charge is -2.35. The first-order valence-electron chi connectivity index (χ1n) is 15.6. The second kappa shape index (κ2) is 18.2. The highest BCUT2D eigenvalue weighted by Gasteiger charge is 2.38. The summed E-state index contributed by atoms with van der Waals surface area (Å²) >= 11 is 5.93. The standard InChI is InChI=1S/C31H32ClFN4O9.C2HF3O2/c1-3-45-31(44)37-12-10-36(11-13-37)28(39)20(29(40)41)8-9-34-27(38)24-16-25(21-15-22(33)17(2)14-23(21)35-24)46-26(30(42)43)18-4-6-19(32)7-5-18;3-2(4,5)1(6)7/h4-7,14-16,20,26H,3,8-13H2,1-2H3,(H,34,38)(H,40,41)(H,42,43);(H,6,7). The van der Waals surface area contributed by atoms with Gasteiger partial charge in [-0.2, -0.15) is 13.2 Å². The molecule has 2 atom stereocenters. The maximum Gasteiger partial charge on any atom is 0.490 e. The van der Waals surface area contributed by atoms with Gasteiger partial charge in [0.05, 0.1) is 12.1 Å². The molecular weight excluding hydrogens is 740 g/mol. The smallest absolute Gasteiger partial charge is 0.481 e. The zero-order valence-electron chi connectivity index (χ0n) is 28.0. The molecule has 0 saturated carbocycles. The van der Waals surface area contributed by atoms with E-state index < -0.39 is 59.8 Å². The molecule has 1 aromatic heterocycles. The van der Waals surface area contributed by atoms with Crippen LogP contribution in [-0.2, 0) is 23.9 Å². The Morgan fingerprint density at radius 2 is 1.53 bits per heavy atom. The Kier molecular flexibility index (Phi) is 14.3. The molecule has 4 N–H and O–H groups in total. The van der Waals surface area contributed by atoms with Crippen molar-refractivity contribution in [2.24, 2.45) is 5.92 Å². The highest BCUT2D eigenvalue weighted by molar-refractivity contribution is 6.30. The molecule has 1 aliphatic rings. The molecule has 2 aromatic carbocycles. The Labute approximate surface area is 303 Å². The number of carbonyl (C=O) groups excluding carboxylic acids is 3. The van der Waals surface area contributed by atoms with E-state index in [-0.39, 0.29) is 79.2 Å². The molecule has 0 radical (unpaired) electrons. The lowest BCUT2D eigenvalue weighted by Crippen LogP contribution is -2.53. The average Bonchev–Trinajstić information content (AvgIpc) is 3.09. The van der Waals surface area contributed by atoms with Gasteiger partial charge < -0.3 is 39.9 Å². The number of carbonyl (C=O) groups is 6. The van der Waals surface area contributed by atoms with Crippen LogP contribution in [-0.4, -0.2) is 111 Å².